The second kappa shape index (κ2) is 2.51. The number of aromatic amines is 1. The van der Waals surface area contributed by atoms with Gasteiger partial charge in [0.2, 0.25) is 0 Å². The zero-order valence-corrected chi connectivity index (χ0v) is 7.11. The quantitative estimate of drug-likeness (QED) is 0.640. The Morgan fingerprint density at radius 1 is 1.38 bits per heavy atom. The van der Waals surface area contributed by atoms with Gasteiger partial charge in [0.05, 0.1) is 10.4 Å². The van der Waals surface area contributed by atoms with Crippen LogP contribution in [0, 0.1) is 0 Å². The summed E-state index contributed by atoms with van der Waals surface area (Å²) in [5.74, 6) is 0. The highest BCUT2D eigenvalue weighted by Crippen LogP contribution is 2.14. The van der Waals surface area contributed by atoms with Crippen LogP contribution in [0.4, 0.5) is 0 Å². The average molecular weight is 199 g/mol. The molecule has 1 heterocycles. The molecule has 0 aliphatic heterocycles. The molecule has 0 atom stereocenters. The van der Waals surface area contributed by atoms with Crippen LogP contribution in [0.15, 0.2) is 23.1 Å². The van der Waals surface area contributed by atoms with Crippen molar-refractivity contribution in [3.63, 3.8) is 0 Å². The molecule has 0 aliphatic rings. The second-order valence-corrected chi connectivity index (χ2v) is 3.89. The largest absolute Gasteiger partial charge is 0.294 e. The average Bonchev–Trinajstić information content (AvgIpc) is 2.47. The Morgan fingerprint density at radius 2 is 2.15 bits per heavy atom. The van der Waals surface area contributed by atoms with Gasteiger partial charge in [0.1, 0.15) is 5.52 Å². The van der Waals surface area contributed by atoms with Crippen LogP contribution in [0.3, 0.4) is 0 Å². The fraction of sp³-hybridized carbons (Fsp3) is 0. The molecule has 7 heteroatoms. The van der Waals surface area contributed by atoms with Gasteiger partial charge in [-0.05, 0) is 18.2 Å². The number of hydrogen-bond donors (Lipinski definition) is 2. The molecule has 0 unspecified atom stereocenters. The Balaban J connectivity index is 2.75. The van der Waals surface area contributed by atoms with Crippen LogP contribution in [-0.2, 0) is 10.1 Å². The van der Waals surface area contributed by atoms with E-state index in [1.165, 1.54) is 18.2 Å². The molecular formula is C6H5N3O3S. The molecule has 13 heavy (non-hydrogen) atoms. The Morgan fingerprint density at radius 3 is 2.85 bits per heavy atom. The monoisotopic (exact) mass is 199 g/mol. The lowest BCUT2D eigenvalue weighted by molar-refractivity contribution is 0.483. The number of rotatable bonds is 1. The van der Waals surface area contributed by atoms with Gasteiger partial charge >= 0.3 is 0 Å². The minimum Gasteiger partial charge on any atom is -0.282 e. The van der Waals surface area contributed by atoms with Crippen molar-refractivity contribution in [2.45, 2.75) is 4.90 Å². The lowest BCUT2D eigenvalue weighted by Crippen LogP contribution is -1.97. The molecule has 0 bridgehead atoms. The number of H-pyrrole nitrogens is 1. The van der Waals surface area contributed by atoms with E-state index >= 15 is 0 Å². The highest BCUT2D eigenvalue weighted by Gasteiger charge is 2.10. The third kappa shape index (κ3) is 1.38. The Bertz CT molecular complexity index is 545. The van der Waals surface area contributed by atoms with Crippen molar-refractivity contribution in [3.05, 3.63) is 18.2 Å². The third-order valence-electron chi connectivity index (χ3n) is 1.59. The summed E-state index contributed by atoms with van der Waals surface area (Å²) >= 11 is 0. The van der Waals surface area contributed by atoms with Crippen molar-refractivity contribution in [2.24, 2.45) is 0 Å². The summed E-state index contributed by atoms with van der Waals surface area (Å²) in [5.41, 5.74) is 1.02. The van der Waals surface area contributed by atoms with Crippen LogP contribution in [0.2, 0.25) is 0 Å². The molecule has 0 aliphatic carbocycles. The molecule has 0 spiro atoms. The number of fused-ring (bicyclic) bond motifs is 1. The minimum absolute atomic E-state index is 0.175. The maximum atomic E-state index is 10.7. The van der Waals surface area contributed by atoms with Gasteiger partial charge in [0.25, 0.3) is 10.1 Å². The van der Waals surface area contributed by atoms with Crippen LogP contribution in [0.1, 0.15) is 0 Å². The molecule has 1 aromatic heterocycles. The van der Waals surface area contributed by atoms with Gasteiger partial charge < -0.3 is 0 Å². The van der Waals surface area contributed by atoms with Gasteiger partial charge in [0, 0.05) is 0 Å². The highest BCUT2D eigenvalue weighted by molar-refractivity contribution is 7.85. The maximum Gasteiger partial charge on any atom is 0.294 e. The van der Waals surface area contributed by atoms with E-state index in [1.54, 1.807) is 0 Å². The van der Waals surface area contributed by atoms with Gasteiger partial charge in [-0.15, -0.1) is 5.10 Å². The molecular weight excluding hydrogens is 194 g/mol. The molecule has 2 N–H and O–H groups in total. The molecule has 0 saturated heterocycles. The van der Waals surface area contributed by atoms with Crippen molar-refractivity contribution in [3.8, 4) is 0 Å². The summed E-state index contributed by atoms with van der Waals surface area (Å²) < 4.78 is 30.1. The molecule has 0 radical (unpaired) electrons. The lowest BCUT2D eigenvalue weighted by Gasteiger charge is -1.94. The number of nitrogens with one attached hydrogen (secondary N) is 1. The van der Waals surface area contributed by atoms with E-state index in [2.05, 4.69) is 15.4 Å². The van der Waals surface area contributed by atoms with Crippen molar-refractivity contribution in [2.75, 3.05) is 0 Å². The van der Waals surface area contributed by atoms with Crippen LogP contribution < -0.4 is 0 Å². The van der Waals surface area contributed by atoms with Crippen LogP contribution >= 0.6 is 0 Å². The number of hydrogen-bond acceptors (Lipinski definition) is 4. The summed E-state index contributed by atoms with van der Waals surface area (Å²) in [5, 5.41) is 9.63. The SMILES string of the molecule is O=S(=O)(O)c1ccc2nn[nH]c2c1. The van der Waals surface area contributed by atoms with Gasteiger partial charge in [-0.3, -0.25) is 9.65 Å². The first-order valence-corrected chi connectivity index (χ1v) is 4.80. The maximum absolute atomic E-state index is 10.7. The van der Waals surface area contributed by atoms with Crippen molar-refractivity contribution in [1.29, 1.82) is 0 Å². The summed E-state index contributed by atoms with van der Waals surface area (Å²) in [7, 11) is -4.15. The van der Waals surface area contributed by atoms with E-state index in [4.69, 9.17) is 4.55 Å². The summed E-state index contributed by atoms with van der Waals surface area (Å²) in [6, 6.07) is 3.99. The normalized spacial score (nSPS) is 12.1. The van der Waals surface area contributed by atoms with Gasteiger partial charge in [-0.2, -0.15) is 8.42 Å². The zero-order chi connectivity index (χ0) is 9.47. The topological polar surface area (TPSA) is 95.9 Å². The molecule has 6 nitrogen and oxygen atoms in total. The molecule has 0 saturated carbocycles. The standard InChI is InChI=1S/C6H5N3O3S/c10-13(11,12)4-1-2-5-6(3-4)8-9-7-5/h1-3H,(H,7,8,9)(H,10,11,12). The Labute approximate surface area is 73.3 Å². The third-order valence-corrected chi connectivity index (χ3v) is 2.44. The van der Waals surface area contributed by atoms with Gasteiger partial charge in [0.15, 0.2) is 0 Å². The zero-order valence-electron chi connectivity index (χ0n) is 6.30. The molecule has 0 fully saturated rings. The Hall–Kier alpha value is -1.47. The van der Waals surface area contributed by atoms with Gasteiger partial charge in [-0.1, -0.05) is 5.21 Å². The van der Waals surface area contributed by atoms with E-state index in [-0.39, 0.29) is 4.90 Å². The molecule has 2 rings (SSSR count). The second-order valence-electron chi connectivity index (χ2n) is 2.47. The molecule has 68 valence electrons. The molecule has 0 amide bonds. The predicted octanol–water partition coefficient (Wildman–Crippen LogP) is 0.205. The van der Waals surface area contributed by atoms with Crippen LogP contribution in [0.5, 0.6) is 0 Å². The van der Waals surface area contributed by atoms with Gasteiger partial charge in [-0.25, -0.2) is 0 Å². The van der Waals surface area contributed by atoms with E-state index in [9.17, 15) is 8.42 Å². The smallest absolute Gasteiger partial charge is 0.282 e. The lowest BCUT2D eigenvalue weighted by atomic mass is 10.3. The van der Waals surface area contributed by atoms with Crippen molar-refractivity contribution < 1.29 is 13.0 Å². The first-order valence-electron chi connectivity index (χ1n) is 3.36. The van der Waals surface area contributed by atoms with E-state index < -0.39 is 10.1 Å². The summed E-state index contributed by atoms with van der Waals surface area (Å²) in [6.07, 6.45) is 0. The Kier molecular flexibility index (Phi) is 1.57. The number of aromatic nitrogens is 3. The van der Waals surface area contributed by atoms with Crippen LogP contribution in [-0.4, -0.2) is 28.4 Å². The number of nitrogens with zero attached hydrogens (tertiary/aromatic N) is 2. The number of benzene rings is 1. The highest BCUT2D eigenvalue weighted by atomic mass is 32.2. The first-order chi connectivity index (χ1) is 6.07. The van der Waals surface area contributed by atoms with Crippen LogP contribution in [0.25, 0.3) is 11.0 Å². The van der Waals surface area contributed by atoms with Crippen molar-refractivity contribution >= 4 is 21.2 Å². The summed E-state index contributed by atoms with van der Waals surface area (Å²) in [4.78, 5) is -0.175. The first kappa shape index (κ1) is 8.14. The minimum atomic E-state index is -4.15. The molecule has 2 aromatic rings. The molecule has 1 aromatic carbocycles. The van der Waals surface area contributed by atoms with E-state index in [0.717, 1.165) is 0 Å². The predicted molar refractivity (Wildman–Crippen MR) is 43.7 cm³/mol. The fourth-order valence-corrected chi connectivity index (χ4v) is 1.49. The van der Waals surface area contributed by atoms with E-state index in [0.29, 0.717) is 11.0 Å². The van der Waals surface area contributed by atoms with E-state index in [1.807, 2.05) is 0 Å². The van der Waals surface area contributed by atoms with Crippen molar-refractivity contribution in [1.82, 2.24) is 15.4 Å². The fourth-order valence-electron chi connectivity index (χ4n) is 0.985. The summed E-state index contributed by atoms with van der Waals surface area (Å²) in [6.45, 7) is 0.